The molecule has 0 radical (unpaired) electrons. The summed E-state index contributed by atoms with van der Waals surface area (Å²) in [5.41, 5.74) is 2.18. The lowest BCUT2D eigenvalue weighted by Crippen LogP contribution is -1.94. The summed E-state index contributed by atoms with van der Waals surface area (Å²) < 4.78 is 18.2. The van der Waals surface area contributed by atoms with Gasteiger partial charge in [-0.05, 0) is 25.1 Å². The molecule has 116 valence electrons. The van der Waals surface area contributed by atoms with Crippen molar-refractivity contribution in [3.8, 4) is 22.0 Å². The van der Waals surface area contributed by atoms with Crippen molar-refractivity contribution in [2.45, 2.75) is 6.92 Å². The van der Waals surface area contributed by atoms with Gasteiger partial charge in [-0.1, -0.05) is 27.3 Å². The Labute approximate surface area is 142 Å². The lowest BCUT2D eigenvalue weighted by molar-refractivity contribution is 0.628. The highest BCUT2D eigenvalue weighted by Crippen LogP contribution is 2.30. The van der Waals surface area contributed by atoms with E-state index >= 15 is 0 Å². The molecule has 9 heteroatoms. The zero-order valence-corrected chi connectivity index (χ0v) is 14.6. The van der Waals surface area contributed by atoms with E-state index in [1.807, 2.05) is 20.2 Å². The lowest BCUT2D eigenvalue weighted by Gasteiger charge is -2.00. The SMILES string of the molecule is Cc1nn(C)cc1-c1nn2c(-c3ccc(Br)cc3F)nnc2s1. The Kier molecular flexibility index (Phi) is 3.27. The molecule has 0 saturated carbocycles. The molecular weight excluding hydrogens is 383 g/mol. The van der Waals surface area contributed by atoms with Gasteiger partial charge in [-0.3, -0.25) is 4.68 Å². The minimum atomic E-state index is -0.374. The van der Waals surface area contributed by atoms with Crippen molar-refractivity contribution in [3.63, 3.8) is 0 Å². The van der Waals surface area contributed by atoms with E-state index in [0.717, 1.165) is 16.3 Å². The van der Waals surface area contributed by atoms with Gasteiger partial charge in [0.2, 0.25) is 4.96 Å². The summed E-state index contributed by atoms with van der Waals surface area (Å²) in [6.07, 6.45) is 1.90. The van der Waals surface area contributed by atoms with Crippen molar-refractivity contribution in [3.05, 3.63) is 40.4 Å². The Bertz CT molecular complexity index is 1030. The summed E-state index contributed by atoms with van der Waals surface area (Å²) in [5, 5.41) is 17.8. The van der Waals surface area contributed by atoms with Crippen LogP contribution in [0.15, 0.2) is 28.9 Å². The van der Waals surface area contributed by atoms with E-state index in [1.165, 1.54) is 17.4 Å². The van der Waals surface area contributed by atoms with Crippen LogP contribution in [0, 0.1) is 12.7 Å². The number of hydrogen-bond acceptors (Lipinski definition) is 5. The summed E-state index contributed by atoms with van der Waals surface area (Å²) in [7, 11) is 1.86. The van der Waals surface area contributed by atoms with Crippen molar-refractivity contribution in [1.29, 1.82) is 0 Å². The van der Waals surface area contributed by atoms with E-state index in [1.54, 1.807) is 21.3 Å². The third-order valence-electron chi connectivity index (χ3n) is 3.41. The Balaban J connectivity index is 1.88. The highest BCUT2D eigenvalue weighted by Gasteiger charge is 2.18. The summed E-state index contributed by atoms with van der Waals surface area (Å²) in [6.45, 7) is 1.92. The van der Waals surface area contributed by atoms with E-state index in [9.17, 15) is 4.39 Å². The van der Waals surface area contributed by atoms with Gasteiger partial charge in [-0.25, -0.2) is 4.39 Å². The van der Waals surface area contributed by atoms with E-state index in [2.05, 4.69) is 36.3 Å². The number of halogens is 2. The Morgan fingerprint density at radius 1 is 1.17 bits per heavy atom. The molecule has 0 amide bonds. The topological polar surface area (TPSA) is 60.9 Å². The first-order valence-electron chi connectivity index (χ1n) is 6.71. The quantitative estimate of drug-likeness (QED) is 0.523. The van der Waals surface area contributed by atoms with Gasteiger partial charge in [-0.15, -0.1) is 10.2 Å². The van der Waals surface area contributed by atoms with Crippen LogP contribution >= 0.6 is 27.3 Å². The van der Waals surface area contributed by atoms with Crippen molar-refractivity contribution < 1.29 is 4.39 Å². The van der Waals surface area contributed by atoms with Gasteiger partial charge in [0.05, 0.1) is 16.8 Å². The molecule has 0 atom stereocenters. The smallest absolute Gasteiger partial charge is 0.235 e. The zero-order chi connectivity index (χ0) is 16.1. The Morgan fingerprint density at radius 3 is 2.70 bits per heavy atom. The monoisotopic (exact) mass is 392 g/mol. The van der Waals surface area contributed by atoms with Gasteiger partial charge in [0, 0.05) is 17.7 Å². The largest absolute Gasteiger partial charge is 0.275 e. The van der Waals surface area contributed by atoms with E-state index in [4.69, 9.17) is 0 Å². The van der Waals surface area contributed by atoms with Crippen LogP contribution in [0.2, 0.25) is 0 Å². The molecule has 0 N–H and O–H groups in total. The summed E-state index contributed by atoms with van der Waals surface area (Å²) in [5.74, 6) is 0.00910. The first kappa shape index (κ1) is 14.5. The van der Waals surface area contributed by atoms with Crippen LogP contribution < -0.4 is 0 Å². The minimum Gasteiger partial charge on any atom is -0.275 e. The first-order valence-corrected chi connectivity index (χ1v) is 8.32. The van der Waals surface area contributed by atoms with Gasteiger partial charge in [0.15, 0.2) is 10.8 Å². The molecule has 0 aliphatic rings. The minimum absolute atomic E-state index is 0.362. The number of nitrogens with zero attached hydrogens (tertiary/aromatic N) is 6. The van der Waals surface area contributed by atoms with Crippen LogP contribution in [-0.4, -0.2) is 29.6 Å². The average molecular weight is 393 g/mol. The van der Waals surface area contributed by atoms with Crippen molar-refractivity contribution in [2.24, 2.45) is 7.05 Å². The van der Waals surface area contributed by atoms with Crippen molar-refractivity contribution in [1.82, 2.24) is 29.6 Å². The molecule has 0 spiro atoms. The van der Waals surface area contributed by atoms with Gasteiger partial charge in [0.25, 0.3) is 0 Å². The summed E-state index contributed by atoms with van der Waals surface area (Å²) in [4.78, 5) is 0.612. The molecule has 4 aromatic rings. The molecule has 3 heterocycles. The second-order valence-electron chi connectivity index (χ2n) is 5.05. The number of rotatable bonds is 2. The Hall–Kier alpha value is -2.13. The number of aromatic nitrogens is 6. The van der Waals surface area contributed by atoms with E-state index < -0.39 is 0 Å². The fraction of sp³-hybridized carbons (Fsp3) is 0.143. The van der Waals surface area contributed by atoms with Crippen molar-refractivity contribution >= 4 is 32.2 Å². The second kappa shape index (κ2) is 5.20. The molecule has 0 fully saturated rings. The number of benzene rings is 1. The third-order valence-corrected chi connectivity index (χ3v) is 4.83. The average Bonchev–Trinajstić information content (AvgIpc) is 3.13. The van der Waals surface area contributed by atoms with E-state index in [-0.39, 0.29) is 5.82 Å². The number of aryl methyl sites for hydroxylation is 2. The van der Waals surface area contributed by atoms with Crippen LogP contribution in [-0.2, 0) is 7.05 Å². The Morgan fingerprint density at radius 2 is 2.00 bits per heavy atom. The highest BCUT2D eigenvalue weighted by atomic mass is 79.9. The van der Waals surface area contributed by atoms with Gasteiger partial charge in [-0.2, -0.15) is 14.7 Å². The second-order valence-corrected chi connectivity index (χ2v) is 6.92. The number of hydrogen-bond donors (Lipinski definition) is 0. The zero-order valence-electron chi connectivity index (χ0n) is 12.2. The highest BCUT2D eigenvalue weighted by molar-refractivity contribution is 9.10. The normalized spacial score (nSPS) is 11.5. The maximum Gasteiger partial charge on any atom is 0.235 e. The van der Waals surface area contributed by atoms with E-state index in [0.29, 0.717) is 20.8 Å². The molecule has 0 aliphatic heterocycles. The molecule has 0 saturated heterocycles. The molecule has 23 heavy (non-hydrogen) atoms. The predicted octanol–water partition coefficient (Wildman–Crippen LogP) is 3.46. The molecule has 3 aromatic heterocycles. The van der Waals surface area contributed by atoms with Gasteiger partial charge >= 0.3 is 0 Å². The molecule has 6 nitrogen and oxygen atoms in total. The molecule has 0 aliphatic carbocycles. The molecule has 4 rings (SSSR count). The fourth-order valence-corrected chi connectivity index (χ4v) is 3.61. The predicted molar refractivity (Wildman–Crippen MR) is 88.7 cm³/mol. The summed E-state index contributed by atoms with van der Waals surface area (Å²) in [6, 6.07) is 4.82. The fourth-order valence-electron chi connectivity index (χ4n) is 2.37. The van der Waals surface area contributed by atoms with Crippen LogP contribution in [0.4, 0.5) is 4.39 Å². The van der Waals surface area contributed by atoms with Crippen LogP contribution in [0.1, 0.15) is 5.69 Å². The lowest BCUT2D eigenvalue weighted by atomic mass is 10.2. The first-order chi connectivity index (χ1) is 11.0. The van der Waals surface area contributed by atoms with Crippen LogP contribution in [0.3, 0.4) is 0 Å². The van der Waals surface area contributed by atoms with Gasteiger partial charge in [0.1, 0.15) is 5.82 Å². The van der Waals surface area contributed by atoms with Crippen LogP contribution in [0.25, 0.3) is 26.9 Å². The van der Waals surface area contributed by atoms with Gasteiger partial charge < -0.3 is 0 Å². The van der Waals surface area contributed by atoms with Crippen LogP contribution in [0.5, 0.6) is 0 Å². The summed E-state index contributed by atoms with van der Waals surface area (Å²) >= 11 is 4.64. The molecule has 0 unspecified atom stereocenters. The molecule has 1 aromatic carbocycles. The third kappa shape index (κ3) is 2.36. The standard InChI is InChI=1S/C14H10BrFN6S/c1-7-10(6-21(2)19-7)13-20-22-12(17-18-14(22)23-13)9-4-3-8(15)5-11(9)16/h3-6H,1-2H3. The number of fused-ring (bicyclic) bond motifs is 1. The van der Waals surface area contributed by atoms with Crippen molar-refractivity contribution in [2.75, 3.05) is 0 Å². The maximum absolute atomic E-state index is 14.2. The molecule has 0 bridgehead atoms. The maximum atomic E-state index is 14.2. The molecular formula is C14H10BrFN6S.